The molecule has 0 saturated heterocycles. The molecule has 3 aromatic carbocycles. The van der Waals surface area contributed by atoms with E-state index < -0.39 is 0 Å². The second kappa shape index (κ2) is 7.95. The number of hydrogen-bond donors (Lipinski definition) is 0. The van der Waals surface area contributed by atoms with E-state index in [1.807, 2.05) is 56.6 Å². The van der Waals surface area contributed by atoms with E-state index in [1.165, 1.54) is 0 Å². The lowest BCUT2D eigenvalue weighted by molar-refractivity contribution is 0.0732. The molecule has 0 heterocycles. The van der Waals surface area contributed by atoms with Crippen LogP contribution in [0.3, 0.4) is 0 Å². The molecule has 0 atom stereocenters. The summed E-state index contributed by atoms with van der Waals surface area (Å²) in [4.78, 5) is 14.4. The first kappa shape index (κ1) is 18.0. The maximum absolute atomic E-state index is 12.4. The van der Waals surface area contributed by atoms with Gasteiger partial charge in [-0.15, -0.1) is 12.4 Å². The largest absolute Gasteiger partial charge is 0.423 e. The van der Waals surface area contributed by atoms with Crippen LogP contribution in [-0.4, -0.2) is 25.0 Å². The first-order valence-corrected chi connectivity index (χ1v) is 7.58. The molecule has 0 aliphatic heterocycles. The van der Waals surface area contributed by atoms with E-state index >= 15 is 0 Å². The summed E-state index contributed by atoms with van der Waals surface area (Å²) >= 11 is 0. The summed E-state index contributed by atoms with van der Waals surface area (Å²) in [6.07, 6.45) is 0. The first-order chi connectivity index (χ1) is 11.1. The van der Waals surface area contributed by atoms with Crippen molar-refractivity contribution in [2.24, 2.45) is 0 Å². The molecule has 0 unspecified atom stereocenters. The second-order valence-electron chi connectivity index (χ2n) is 5.76. The third kappa shape index (κ3) is 3.94. The molecule has 0 spiro atoms. The highest BCUT2D eigenvalue weighted by atomic mass is 35.5. The van der Waals surface area contributed by atoms with Gasteiger partial charge in [0, 0.05) is 12.1 Å². The van der Waals surface area contributed by atoms with Crippen molar-refractivity contribution in [2.45, 2.75) is 6.54 Å². The van der Waals surface area contributed by atoms with Crippen LogP contribution in [0.4, 0.5) is 0 Å². The monoisotopic (exact) mass is 341 g/mol. The number of esters is 1. The number of fused-ring (bicyclic) bond motifs is 1. The van der Waals surface area contributed by atoms with E-state index in [2.05, 4.69) is 17.0 Å². The van der Waals surface area contributed by atoms with Crippen LogP contribution < -0.4 is 4.74 Å². The third-order valence-electron chi connectivity index (χ3n) is 3.68. The Hall–Kier alpha value is -2.36. The van der Waals surface area contributed by atoms with Gasteiger partial charge < -0.3 is 9.64 Å². The van der Waals surface area contributed by atoms with Crippen LogP contribution >= 0.6 is 12.4 Å². The fraction of sp³-hybridized carbons (Fsp3) is 0.150. The molecule has 0 amide bonds. The number of benzene rings is 3. The summed E-state index contributed by atoms with van der Waals surface area (Å²) in [5.41, 5.74) is 1.58. The van der Waals surface area contributed by atoms with Gasteiger partial charge in [0.05, 0.1) is 5.56 Å². The summed E-state index contributed by atoms with van der Waals surface area (Å²) in [5, 5.41) is 2.25. The van der Waals surface area contributed by atoms with Gasteiger partial charge >= 0.3 is 5.97 Å². The molecule has 4 heteroatoms. The number of carbonyl (C=O) groups is 1. The molecular weight excluding hydrogens is 322 g/mol. The normalized spacial score (nSPS) is 10.5. The van der Waals surface area contributed by atoms with Crippen molar-refractivity contribution < 1.29 is 9.53 Å². The topological polar surface area (TPSA) is 29.5 Å². The SMILES string of the molecule is CN(C)Cc1c(OC(=O)c2ccccc2)ccc2ccccc12.Cl. The maximum Gasteiger partial charge on any atom is 0.343 e. The number of hydrogen-bond acceptors (Lipinski definition) is 3. The van der Waals surface area contributed by atoms with Gasteiger partial charge in [0.25, 0.3) is 0 Å². The average Bonchev–Trinajstić information content (AvgIpc) is 2.57. The van der Waals surface area contributed by atoms with Gasteiger partial charge in [0.2, 0.25) is 0 Å². The van der Waals surface area contributed by atoms with Gasteiger partial charge in [-0.3, -0.25) is 0 Å². The van der Waals surface area contributed by atoms with Crippen LogP contribution in [0.15, 0.2) is 66.7 Å². The van der Waals surface area contributed by atoms with Gasteiger partial charge in [-0.25, -0.2) is 4.79 Å². The summed E-state index contributed by atoms with van der Waals surface area (Å²) in [5.74, 6) is 0.284. The Morgan fingerprint density at radius 3 is 2.29 bits per heavy atom. The zero-order chi connectivity index (χ0) is 16.2. The Bertz CT molecular complexity index is 831. The number of nitrogens with zero attached hydrogens (tertiary/aromatic N) is 1. The predicted molar refractivity (Wildman–Crippen MR) is 100.0 cm³/mol. The Morgan fingerprint density at radius 2 is 1.58 bits per heavy atom. The molecular formula is C20H20ClNO2. The van der Waals surface area contributed by atoms with Crippen LogP contribution in [0.1, 0.15) is 15.9 Å². The molecule has 124 valence electrons. The first-order valence-electron chi connectivity index (χ1n) is 7.58. The fourth-order valence-corrected chi connectivity index (χ4v) is 2.62. The van der Waals surface area contributed by atoms with E-state index in [9.17, 15) is 4.79 Å². The van der Waals surface area contributed by atoms with Crippen molar-refractivity contribution in [2.75, 3.05) is 14.1 Å². The molecule has 0 saturated carbocycles. The minimum Gasteiger partial charge on any atom is -0.423 e. The lowest BCUT2D eigenvalue weighted by atomic mass is 10.0. The van der Waals surface area contributed by atoms with Crippen molar-refractivity contribution in [3.05, 3.63) is 77.9 Å². The Kier molecular flexibility index (Phi) is 5.96. The molecule has 24 heavy (non-hydrogen) atoms. The average molecular weight is 342 g/mol. The van der Waals surface area contributed by atoms with E-state index in [-0.39, 0.29) is 18.4 Å². The van der Waals surface area contributed by atoms with Crippen molar-refractivity contribution in [3.63, 3.8) is 0 Å². The summed E-state index contributed by atoms with van der Waals surface area (Å²) in [6, 6.07) is 21.1. The van der Waals surface area contributed by atoms with E-state index in [1.54, 1.807) is 12.1 Å². The molecule has 0 aliphatic rings. The van der Waals surface area contributed by atoms with Gasteiger partial charge in [0.1, 0.15) is 5.75 Å². The minimum atomic E-state index is -0.333. The second-order valence-corrected chi connectivity index (χ2v) is 5.76. The van der Waals surface area contributed by atoms with Crippen LogP contribution in [0.5, 0.6) is 5.75 Å². The molecule has 0 aromatic heterocycles. The molecule has 0 aliphatic carbocycles. The number of carbonyl (C=O) groups excluding carboxylic acids is 1. The summed E-state index contributed by atoms with van der Waals surface area (Å²) < 4.78 is 5.67. The van der Waals surface area contributed by atoms with E-state index in [0.29, 0.717) is 17.9 Å². The molecule has 0 bridgehead atoms. The zero-order valence-electron chi connectivity index (χ0n) is 13.7. The zero-order valence-corrected chi connectivity index (χ0v) is 14.5. The van der Waals surface area contributed by atoms with Gasteiger partial charge in [-0.1, -0.05) is 48.5 Å². The highest BCUT2D eigenvalue weighted by Crippen LogP contribution is 2.29. The lowest BCUT2D eigenvalue weighted by Crippen LogP contribution is -2.15. The smallest absolute Gasteiger partial charge is 0.343 e. The Labute approximate surface area is 148 Å². The van der Waals surface area contributed by atoms with Gasteiger partial charge in [-0.2, -0.15) is 0 Å². The van der Waals surface area contributed by atoms with Gasteiger partial charge in [-0.05, 0) is 43.1 Å². The van der Waals surface area contributed by atoms with Crippen LogP contribution in [-0.2, 0) is 6.54 Å². The minimum absolute atomic E-state index is 0. The van der Waals surface area contributed by atoms with E-state index in [4.69, 9.17) is 4.74 Å². The quantitative estimate of drug-likeness (QED) is 0.515. The molecule has 3 rings (SSSR count). The fourth-order valence-electron chi connectivity index (χ4n) is 2.62. The van der Waals surface area contributed by atoms with Crippen molar-refractivity contribution in [1.82, 2.24) is 4.90 Å². The van der Waals surface area contributed by atoms with Crippen molar-refractivity contribution in [3.8, 4) is 5.75 Å². The van der Waals surface area contributed by atoms with Crippen molar-refractivity contribution in [1.29, 1.82) is 0 Å². The van der Waals surface area contributed by atoms with Crippen LogP contribution in [0, 0.1) is 0 Å². The van der Waals surface area contributed by atoms with Crippen LogP contribution in [0.2, 0.25) is 0 Å². The predicted octanol–water partition coefficient (Wildman–Crippen LogP) is 4.54. The molecule has 0 radical (unpaired) electrons. The Balaban J connectivity index is 0.00000208. The number of halogens is 1. The van der Waals surface area contributed by atoms with Crippen molar-refractivity contribution >= 4 is 29.1 Å². The molecule has 3 aromatic rings. The summed E-state index contributed by atoms with van der Waals surface area (Å²) in [6.45, 7) is 0.707. The lowest BCUT2D eigenvalue weighted by Gasteiger charge is -2.16. The van der Waals surface area contributed by atoms with Gasteiger partial charge in [0.15, 0.2) is 0 Å². The van der Waals surface area contributed by atoms with E-state index in [0.717, 1.165) is 16.3 Å². The highest BCUT2D eigenvalue weighted by Gasteiger charge is 2.14. The summed E-state index contributed by atoms with van der Waals surface area (Å²) in [7, 11) is 4.01. The molecule has 0 N–H and O–H groups in total. The Morgan fingerprint density at radius 1 is 0.917 bits per heavy atom. The standard InChI is InChI=1S/C20H19NO2.ClH/c1-21(2)14-18-17-11-7-6-8-15(17)12-13-19(18)23-20(22)16-9-4-3-5-10-16;/h3-13H,14H2,1-2H3;1H. The molecule has 0 fully saturated rings. The number of ether oxygens (including phenoxy) is 1. The number of rotatable bonds is 4. The highest BCUT2D eigenvalue weighted by molar-refractivity contribution is 5.93. The van der Waals surface area contributed by atoms with Crippen LogP contribution in [0.25, 0.3) is 10.8 Å². The maximum atomic E-state index is 12.4. The third-order valence-corrected chi connectivity index (χ3v) is 3.68. The molecule has 3 nitrogen and oxygen atoms in total.